The number of furan rings is 1. The number of ether oxygens (including phenoxy) is 1. The van der Waals surface area contributed by atoms with Gasteiger partial charge in [0.25, 0.3) is 0 Å². The highest BCUT2D eigenvalue weighted by molar-refractivity contribution is 6.14. The Labute approximate surface area is 114 Å². The Bertz CT molecular complexity index is 956. The van der Waals surface area contributed by atoms with Crippen molar-refractivity contribution in [1.82, 2.24) is 4.98 Å². The number of methoxy groups -OCH3 is 1. The van der Waals surface area contributed by atoms with E-state index in [-0.39, 0.29) is 5.88 Å². The first-order valence-electron chi connectivity index (χ1n) is 6.26. The summed E-state index contributed by atoms with van der Waals surface area (Å²) in [5.74, 6) is 0.656. The predicted octanol–water partition coefficient (Wildman–Crippen LogP) is 3.85. The van der Waals surface area contributed by atoms with Crippen molar-refractivity contribution in [2.75, 3.05) is 7.11 Å². The number of nitrogens with zero attached hydrogens (tertiary/aromatic N) is 1. The van der Waals surface area contributed by atoms with Crippen LogP contribution in [0.25, 0.3) is 32.8 Å². The summed E-state index contributed by atoms with van der Waals surface area (Å²) in [5, 5.41) is 12.5. The van der Waals surface area contributed by atoms with Crippen LogP contribution in [-0.4, -0.2) is 17.2 Å². The molecule has 2 aromatic carbocycles. The van der Waals surface area contributed by atoms with Gasteiger partial charge >= 0.3 is 0 Å². The van der Waals surface area contributed by atoms with E-state index in [1.807, 2.05) is 36.4 Å². The first kappa shape index (κ1) is 11.1. The lowest BCUT2D eigenvalue weighted by Gasteiger charge is -2.04. The molecule has 0 aliphatic heterocycles. The topological polar surface area (TPSA) is 55.5 Å². The highest BCUT2D eigenvalue weighted by atomic mass is 16.5. The Morgan fingerprint density at radius 2 is 1.90 bits per heavy atom. The molecular weight excluding hydrogens is 254 g/mol. The highest BCUT2D eigenvalue weighted by Crippen LogP contribution is 2.37. The van der Waals surface area contributed by atoms with Crippen LogP contribution in [0.3, 0.4) is 0 Å². The summed E-state index contributed by atoms with van der Waals surface area (Å²) in [5.41, 5.74) is 2.12. The lowest BCUT2D eigenvalue weighted by molar-refractivity contribution is 0.415. The minimum atomic E-state index is -0.0158. The van der Waals surface area contributed by atoms with Gasteiger partial charge < -0.3 is 14.3 Å². The van der Waals surface area contributed by atoms with Crippen LogP contribution in [-0.2, 0) is 0 Å². The summed E-state index contributed by atoms with van der Waals surface area (Å²) < 4.78 is 11.1. The quantitative estimate of drug-likeness (QED) is 0.568. The smallest absolute Gasteiger partial charge is 0.219 e. The third-order valence-corrected chi connectivity index (χ3v) is 3.50. The molecule has 0 aliphatic rings. The second kappa shape index (κ2) is 3.87. The van der Waals surface area contributed by atoms with Crippen LogP contribution < -0.4 is 4.74 Å². The normalized spacial score (nSPS) is 11.4. The van der Waals surface area contributed by atoms with Crippen LogP contribution in [0.5, 0.6) is 11.6 Å². The van der Waals surface area contributed by atoms with E-state index in [4.69, 9.17) is 9.15 Å². The first-order chi connectivity index (χ1) is 9.78. The summed E-state index contributed by atoms with van der Waals surface area (Å²) >= 11 is 0. The van der Waals surface area contributed by atoms with Crippen LogP contribution in [0.4, 0.5) is 0 Å². The van der Waals surface area contributed by atoms with E-state index in [1.165, 1.54) is 0 Å². The average Bonchev–Trinajstić information content (AvgIpc) is 2.86. The summed E-state index contributed by atoms with van der Waals surface area (Å²) in [6.45, 7) is 0. The summed E-state index contributed by atoms with van der Waals surface area (Å²) in [7, 11) is 1.59. The van der Waals surface area contributed by atoms with Crippen LogP contribution in [0.15, 0.2) is 46.9 Å². The van der Waals surface area contributed by atoms with E-state index in [2.05, 4.69) is 4.98 Å². The molecule has 4 aromatic rings. The molecule has 0 atom stereocenters. The van der Waals surface area contributed by atoms with Gasteiger partial charge in [0.2, 0.25) is 5.88 Å². The second-order valence-corrected chi connectivity index (χ2v) is 4.62. The molecule has 0 spiro atoms. The van der Waals surface area contributed by atoms with E-state index in [9.17, 15) is 5.11 Å². The third kappa shape index (κ3) is 1.39. The SMILES string of the molecule is COc1ccc2c(c1)c(O)nc1c3ccccc3oc21. The number of rotatable bonds is 1. The summed E-state index contributed by atoms with van der Waals surface area (Å²) in [6, 6.07) is 13.1. The van der Waals surface area contributed by atoms with Gasteiger partial charge in [-0.1, -0.05) is 12.1 Å². The number of pyridine rings is 1. The van der Waals surface area contributed by atoms with E-state index < -0.39 is 0 Å². The molecule has 0 radical (unpaired) electrons. The van der Waals surface area contributed by atoms with Crippen molar-refractivity contribution in [3.05, 3.63) is 42.5 Å². The molecule has 0 unspecified atom stereocenters. The van der Waals surface area contributed by atoms with Gasteiger partial charge in [-0.25, -0.2) is 4.98 Å². The average molecular weight is 265 g/mol. The van der Waals surface area contributed by atoms with E-state index >= 15 is 0 Å². The van der Waals surface area contributed by atoms with Crippen molar-refractivity contribution in [2.45, 2.75) is 0 Å². The maximum absolute atomic E-state index is 10.2. The molecule has 4 rings (SSSR count). The zero-order valence-corrected chi connectivity index (χ0v) is 10.8. The Morgan fingerprint density at radius 3 is 2.75 bits per heavy atom. The number of hydrogen-bond acceptors (Lipinski definition) is 4. The van der Waals surface area contributed by atoms with Gasteiger partial charge in [0.1, 0.15) is 16.8 Å². The zero-order chi connectivity index (χ0) is 13.7. The molecule has 0 bridgehead atoms. The summed E-state index contributed by atoms with van der Waals surface area (Å²) in [4.78, 5) is 4.27. The number of aromatic nitrogens is 1. The molecule has 0 saturated carbocycles. The molecule has 20 heavy (non-hydrogen) atoms. The standard InChI is InChI=1S/C16H11NO3/c1-19-9-6-7-10-12(8-9)16(18)17-14-11-4-2-3-5-13(11)20-15(10)14/h2-8H,1H3,(H,17,18). The Morgan fingerprint density at radius 1 is 1.05 bits per heavy atom. The molecule has 98 valence electrons. The van der Waals surface area contributed by atoms with Crippen molar-refractivity contribution < 1.29 is 14.3 Å². The van der Waals surface area contributed by atoms with Crippen molar-refractivity contribution in [2.24, 2.45) is 0 Å². The van der Waals surface area contributed by atoms with Gasteiger partial charge in [0, 0.05) is 10.8 Å². The van der Waals surface area contributed by atoms with Crippen LogP contribution in [0.2, 0.25) is 0 Å². The molecule has 4 nitrogen and oxygen atoms in total. The molecular formula is C16H11NO3. The van der Waals surface area contributed by atoms with Crippen molar-refractivity contribution in [3.63, 3.8) is 0 Å². The number of para-hydroxylation sites is 1. The van der Waals surface area contributed by atoms with Gasteiger partial charge in [-0.2, -0.15) is 0 Å². The maximum Gasteiger partial charge on any atom is 0.219 e. The molecule has 0 saturated heterocycles. The fourth-order valence-corrected chi connectivity index (χ4v) is 2.52. The minimum absolute atomic E-state index is 0.0158. The molecule has 2 heterocycles. The van der Waals surface area contributed by atoms with E-state index in [0.717, 1.165) is 16.4 Å². The number of aromatic hydroxyl groups is 1. The van der Waals surface area contributed by atoms with Crippen molar-refractivity contribution >= 4 is 32.8 Å². The van der Waals surface area contributed by atoms with E-state index in [0.29, 0.717) is 22.2 Å². The van der Waals surface area contributed by atoms with Crippen LogP contribution >= 0.6 is 0 Å². The Hall–Kier alpha value is -2.75. The second-order valence-electron chi connectivity index (χ2n) is 4.62. The van der Waals surface area contributed by atoms with Gasteiger partial charge in [-0.05, 0) is 30.3 Å². The van der Waals surface area contributed by atoms with Crippen LogP contribution in [0.1, 0.15) is 0 Å². The third-order valence-electron chi connectivity index (χ3n) is 3.50. The van der Waals surface area contributed by atoms with E-state index in [1.54, 1.807) is 13.2 Å². The molecule has 4 heteroatoms. The number of benzene rings is 2. The Balaban J connectivity index is 2.23. The molecule has 2 aromatic heterocycles. The monoisotopic (exact) mass is 265 g/mol. The van der Waals surface area contributed by atoms with Gasteiger partial charge in [-0.3, -0.25) is 0 Å². The predicted molar refractivity (Wildman–Crippen MR) is 77.2 cm³/mol. The largest absolute Gasteiger partial charge is 0.497 e. The van der Waals surface area contributed by atoms with Crippen molar-refractivity contribution in [3.8, 4) is 11.6 Å². The maximum atomic E-state index is 10.2. The lowest BCUT2D eigenvalue weighted by atomic mass is 10.1. The Kier molecular flexibility index (Phi) is 2.15. The first-order valence-corrected chi connectivity index (χ1v) is 6.26. The summed E-state index contributed by atoms with van der Waals surface area (Å²) in [6.07, 6.45) is 0. The lowest BCUT2D eigenvalue weighted by Crippen LogP contribution is -1.85. The van der Waals surface area contributed by atoms with Gasteiger partial charge in [0.05, 0.1) is 12.5 Å². The number of hydrogen-bond donors (Lipinski definition) is 1. The van der Waals surface area contributed by atoms with Gasteiger partial charge in [-0.15, -0.1) is 0 Å². The minimum Gasteiger partial charge on any atom is -0.497 e. The van der Waals surface area contributed by atoms with Crippen LogP contribution in [0, 0.1) is 0 Å². The molecule has 0 amide bonds. The molecule has 1 N–H and O–H groups in total. The fraction of sp³-hybridized carbons (Fsp3) is 0.0625. The number of fused-ring (bicyclic) bond motifs is 5. The zero-order valence-electron chi connectivity index (χ0n) is 10.8. The molecule has 0 fully saturated rings. The van der Waals surface area contributed by atoms with Crippen molar-refractivity contribution in [1.29, 1.82) is 0 Å². The highest BCUT2D eigenvalue weighted by Gasteiger charge is 2.15. The molecule has 0 aliphatic carbocycles. The fourth-order valence-electron chi connectivity index (χ4n) is 2.52. The van der Waals surface area contributed by atoms with Gasteiger partial charge in [0.15, 0.2) is 5.58 Å².